The van der Waals surface area contributed by atoms with Crippen LogP contribution in [0.5, 0.6) is 0 Å². The van der Waals surface area contributed by atoms with E-state index in [0.717, 1.165) is 19.3 Å². The van der Waals surface area contributed by atoms with E-state index in [4.69, 9.17) is 0 Å². The Labute approximate surface area is 212 Å². The Balaban J connectivity index is 1.53. The highest BCUT2D eigenvalue weighted by Crippen LogP contribution is 2.31. The number of rotatable bonds is 8. The molecule has 4 amide bonds. The van der Waals surface area contributed by atoms with Gasteiger partial charge in [-0.05, 0) is 95.5 Å². The Kier molecular flexibility index (Phi) is 9.22. The highest BCUT2D eigenvalue weighted by molar-refractivity contribution is 5.98. The van der Waals surface area contributed by atoms with Crippen LogP contribution in [0, 0.1) is 11.8 Å². The smallest absolute Gasteiger partial charge is 0.251 e. The van der Waals surface area contributed by atoms with Gasteiger partial charge in [0.15, 0.2) is 0 Å². The minimum Gasteiger partial charge on any atom is -0.350 e. The van der Waals surface area contributed by atoms with Gasteiger partial charge < -0.3 is 21.3 Å². The standard InChI is InChI=1S/C28H36N4O4/c1-17(2)29-25(33)19-8-12-23(13-9-19)31-27(35)21-6-5-7-22(16-21)28(36)32-24-14-10-20(11-15-24)26(34)30-18(3)4/h8-15,17-18,21-22H,5-7,16H2,1-4H3,(H,29,33)(H,30,34)(H,31,35)(H,32,36). The second-order valence-electron chi connectivity index (χ2n) is 9.95. The molecule has 36 heavy (non-hydrogen) atoms. The molecule has 4 N–H and O–H groups in total. The first-order valence-electron chi connectivity index (χ1n) is 12.6. The molecular weight excluding hydrogens is 456 g/mol. The van der Waals surface area contributed by atoms with Crippen LogP contribution in [0.3, 0.4) is 0 Å². The van der Waals surface area contributed by atoms with Gasteiger partial charge >= 0.3 is 0 Å². The van der Waals surface area contributed by atoms with Crippen molar-refractivity contribution in [2.24, 2.45) is 11.8 Å². The van der Waals surface area contributed by atoms with E-state index < -0.39 is 0 Å². The normalized spacial score (nSPS) is 17.4. The minimum absolute atomic E-state index is 0.0453. The zero-order valence-electron chi connectivity index (χ0n) is 21.4. The number of hydrogen-bond donors (Lipinski definition) is 4. The van der Waals surface area contributed by atoms with Gasteiger partial charge in [0.25, 0.3) is 11.8 Å². The van der Waals surface area contributed by atoms with Gasteiger partial charge in [-0.15, -0.1) is 0 Å². The fourth-order valence-corrected chi connectivity index (χ4v) is 4.26. The van der Waals surface area contributed by atoms with Crippen LogP contribution in [0.2, 0.25) is 0 Å². The van der Waals surface area contributed by atoms with E-state index in [1.54, 1.807) is 48.5 Å². The van der Waals surface area contributed by atoms with Crippen molar-refractivity contribution in [3.8, 4) is 0 Å². The van der Waals surface area contributed by atoms with Gasteiger partial charge in [-0.25, -0.2) is 0 Å². The number of benzene rings is 2. The summed E-state index contributed by atoms with van der Waals surface area (Å²) in [7, 11) is 0. The molecule has 1 fully saturated rings. The fraction of sp³-hybridized carbons (Fsp3) is 0.429. The zero-order chi connectivity index (χ0) is 26.2. The molecule has 0 heterocycles. The highest BCUT2D eigenvalue weighted by Gasteiger charge is 2.31. The van der Waals surface area contributed by atoms with Crippen molar-refractivity contribution in [3.63, 3.8) is 0 Å². The van der Waals surface area contributed by atoms with E-state index in [1.807, 2.05) is 27.7 Å². The lowest BCUT2D eigenvalue weighted by Gasteiger charge is -2.27. The molecule has 0 bridgehead atoms. The SMILES string of the molecule is CC(C)NC(=O)c1ccc(NC(=O)C2CCCC(C(=O)Nc3ccc(C(=O)NC(C)C)cc3)C2)cc1. The number of anilines is 2. The Bertz CT molecular complexity index is 992. The molecule has 3 rings (SSSR count). The molecule has 2 aromatic carbocycles. The summed E-state index contributed by atoms with van der Waals surface area (Å²) >= 11 is 0. The molecule has 0 spiro atoms. The van der Waals surface area contributed by atoms with Gasteiger partial charge in [-0.1, -0.05) is 6.42 Å². The maximum Gasteiger partial charge on any atom is 0.251 e. The van der Waals surface area contributed by atoms with Crippen LogP contribution >= 0.6 is 0 Å². The van der Waals surface area contributed by atoms with Crippen LogP contribution in [0.1, 0.15) is 74.1 Å². The van der Waals surface area contributed by atoms with Gasteiger partial charge in [0.1, 0.15) is 0 Å². The van der Waals surface area contributed by atoms with Crippen molar-refractivity contribution >= 4 is 35.0 Å². The number of hydrogen-bond acceptors (Lipinski definition) is 4. The molecule has 0 saturated heterocycles. The Morgan fingerprint density at radius 2 is 1.00 bits per heavy atom. The van der Waals surface area contributed by atoms with Crippen molar-refractivity contribution in [3.05, 3.63) is 59.7 Å². The molecule has 192 valence electrons. The largest absolute Gasteiger partial charge is 0.350 e. The average molecular weight is 493 g/mol. The third-order valence-electron chi connectivity index (χ3n) is 6.08. The summed E-state index contributed by atoms with van der Waals surface area (Å²) in [5.74, 6) is -1.07. The van der Waals surface area contributed by atoms with Gasteiger partial charge in [0.05, 0.1) is 0 Å². The summed E-state index contributed by atoms with van der Waals surface area (Å²) in [5, 5.41) is 11.5. The molecular formula is C28H36N4O4. The van der Waals surface area contributed by atoms with Crippen LogP contribution in [-0.4, -0.2) is 35.7 Å². The van der Waals surface area contributed by atoms with Crippen molar-refractivity contribution < 1.29 is 19.2 Å². The zero-order valence-corrected chi connectivity index (χ0v) is 21.4. The maximum atomic E-state index is 12.9. The van der Waals surface area contributed by atoms with Crippen LogP contribution < -0.4 is 21.3 Å². The van der Waals surface area contributed by atoms with Crippen molar-refractivity contribution in [1.82, 2.24) is 10.6 Å². The Morgan fingerprint density at radius 3 is 1.33 bits per heavy atom. The van der Waals surface area contributed by atoms with Crippen LogP contribution in [-0.2, 0) is 9.59 Å². The maximum absolute atomic E-state index is 12.9. The summed E-state index contributed by atoms with van der Waals surface area (Å²) in [6.45, 7) is 7.59. The third-order valence-corrected chi connectivity index (χ3v) is 6.08. The molecule has 1 aliphatic rings. The first-order chi connectivity index (χ1) is 17.1. The monoisotopic (exact) mass is 492 g/mol. The molecule has 1 aliphatic carbocycles. The molecule has 2 atom stereocenters. The molecule has 8 heteroatoms. The lowest BCUT2D eigenvalue weighted by atomic mass is 9.80. The second kappa shape index (κ2) is 12.3. The minimum atomic E-state index is -0.263. The predicted octanol–water partition coefficient (Wildman–Crippen LogP) is 4.35. The average Bonchev–Trinajstić information content (AvgIpc) is 2.84. The summed E-state index contributed by atoms with van der Waals surface area (Å²) in [4.78, 5) is 49.9. The first-order valence-corrected chi connectivity index (χ1v) is 12.6. The molecule has 1 saturated carbocycles. The van der Waals surface area contributed by atoms with Crippen molar-refractivity contribution in [2.45, 2.75) is 65.5 Å². The van der Waals surface area contributed by atoms with E-state index in [9.17, 15) is 19.2 Å². The van der Waals surface area contributed by atoms with Crippen LogP contribution in [0.25, 0.3) is 0 Å². The number of carbonyl (C=O) groups excluding carboxylic acids is 4. The van der Waals surface area contributed by atoms with Crippen molar-refractivity contribution in [2.75, 3.05) is 10.6 Å². The van der Waals surface area contributed by atoms with Gasteiger partial charge in [-0.2, -0.15) is 0 Å². The van der Waals surface area contributed by atoms with Crippen LogP contribution in [0.15, 0.2) is 48.5 Å². The molecule has 0 radical (unpaired) electrons. The quantitative estimate of drug-likeness (QED) is 0.438. The summed E-state index contributed by atoms with van der Waals surface area (Å²) in [5.41, 5.74) is 2.30. The second-order valence-corrected chi connectivity index (χ2v) is 9.95. The summed E-state index contributed by atoms with van der Waals surface area (Å²) in [6, 6.07) is 13.7. The third kappa shape index (κ3) is 7.66. The number of carbonyl (C=O) groups is 4. The highest BCUT2D eigenvalue weighted by atomic mass is 16.2. The molecule has 0 aromatic heterocycles. The van der Waals surface area contributed by atoms with E-state index >= 15 is 0 Å². The van der Waals surface area contributed by atoms with Crippen LogP contribution in [0.4, 0.5) is 11.4 Å². The van der Waals surface area contributed by atoms with E-state index in [0.29, 0.717) is 28.9 Å². The molecule has 8 nitrogen and oxygen atoms in total. The molecule has 2 aromatic rings. The van der Waals surface area contributed by atoms with Crippen molar-refractivity contribution in [1.29, 1.82) is 0 Å². The molecule has 2 unspecified atom stereocenters. The predicted molar refractivity (Wildman–Crippen MR) is 141 cm³/mol. The summed E-state index contributed by atoms with van der Waals surface area (Å²) in [6.07, 6.45) is 2.72. The Morgan fingerprint density at radius 1 is 0.639 bits per heavy atom. The number of amides is 4. The van der Waals surface area contributed by atoms with E-state index in [2.05, 4.69) is 21.3 Å². The Hall–Kier alpha value is -3.68. The van der Waals surface area contributed by atoms with E-state index in [1.165, 1.54) is 0 Å². The molecule has 0 aliphatic heterocycles. The topological polar surface area (TPSA) is 116 Å². The van der Waals surface area contributed by atoms with Gasteiger partial charge in [0.2, 0.25) is 11.8 Å². The van der Waals surface area contributed by atoms with Gasteiger partial charge in [-0.3, -0.25) is 19.2 Å². The summed E-state index contributed by atoms with van der Waals surface area (Å²) < 4.78 is 0. The number of nitrogens with one attached hydrogen (secondary N) is 4. The lowest BCUT2D eigenvalue weighted by Crippen LogP contribution is -2.33. The lowest BCUT2D eigenvalue weighted by molar-refractivity contribution is -0.124. The fourth-order valence-electron chi connectivity index (χ4n) is 4.26. The first kappa shape index (κ1) is 26.9. The van der Waals surface area contributed by atoms with Gasteiger partial charge in [0, 0.05) is 46.4 Å². The van der Waals surface area contributed by atoms with E-state index in [-0.39, 0.29) is 47.5 Å².